The van der Waals surface area contributed by atoms with Crippen LogP contribution >= 0.6 is 22.6 Å². The van der Waals surface area contributed by atoms with Gasteiger partial charge in [-0.2, -0.15) is 5.11 Å². The van der Waals surface area contributed by atoms with Crippen LogP contribution in [0.3, 0.4) is 0 Å². The maximum atomic E-state index is 6.94. The number of rotatable bonds is 2. The third kappa shape index (κ3) is 3.03. The van der Waals surface area contributed by atoms with E-state index in [9.17, 15) is 0 Å². The first kappa shape index (κ1) is 12.0. The molecule has 0 spiro atoms. The van der Waals surface area contributed by atoms with E-state index in [-0.39, 0.29) is 0 Å². The Hall–Kier alpha value is -0.450. The Morgan fingerprint density at radius 2 is 1.81 bits per heavy atom. The molecule has 2 rings (SSSR count). The van der Waals surface area contributed by atoms with Gasteiger partial charge in [0.25, 0.3) is 0 Å². The highest BCUT2D eigenvalue weighted by atomic mass is 127. The Morgan fingerprint density at radius 3 is 2.50 bits per heavy atom. The van der Waals surface area contributed by atoms with Crippen molar-refractivity contribution in [2.24, 2.45) is 5.11 Å². The molecule has 3 heteroatoms. The fraction of sp³-hybridized carbons (Fsp3) is 0.538. The average Bonchev–Trinajstić information content (AvgIpc) is 2.54. The maximum absolute atomic E-state index is 6.94. The molecule has 1 aliphatic carbocycles. The quantitative estimate of drug-likeness (QED) is 0.335. The minimum atomic E-state index is 0.722. The Balaban J connectivity index is 2.07. The Bertz CT molecular complexity index is 347. The third-order valence-electron chi connectivity index (χ3n) is 3.39. The normalized spacial score (nSPS) is 26.1. The molecule has 86 valence electrons. The van der Waals surface area contributed by atoms with E-state index in [4.69, 9.17) is 5.53 Å². The molecule has 2 nitrogen and oxygen atoms in total. The van der Waals surface area contributed by atoms with Crippen molar-refractivity contribution >= 4 is 28.3 Å². The molecule has 0 amide bonds. The first-order valence-electron chi connectivity index (χ1n) is 5.91. The van der Waals surface area contributed by atoms with Crippen LogP contribution in [0, 0.1) is 5.53 Å². The van der Waals surface area contributed by atoms with E-state index in [1.54, 1.807) is 0 Å². The summed E-state index contributed by atoms with van der Waals surface area (Å²) in [5.41, 5.74) is 9.13. The van der Waals surface area contributed by atoms with Crippen LogP contribution in [0.2, 0.25) is 0 Å². The Labute approximate surface area is 110 Å². The number of hydrogen-bond acceptors (Lipinski definition) is 2. The summed E-state index contributed by atoms with van der Waals surface area (Å²) in [7, 11) is 0. The molecule has 0 aliphatic heterocycles. The molecule has 1 saturated carbocycles. The van der Waals surface area contributed by atoms with Crippen LogP contribution in [0.25, 0.3) is 0 Å². The molecule has 16 heavy (non-hydrogen) atoms. The Kier molecular flexibility index (Phi) is 4.32. The standard InChI is InChI=1S/C13H17IN2/c14-12-3-1-2-10(4-7-12)11-5-8-13(16-15)9-6-11/h5-6,8-10,12,15H,1-4,7H2. The van der Waals surface area contributed by atoms with E-state index < -0.39 is 0 Å². The predicted molar refractivity (Wildman–Crippen MR) is 74.9 cm³/mol. The SMILES string of the molecule is N=Nc1ccc(C2CCCC(I)CC2)cc1. The summed E-state index contributed by atoms with van der Waals surface area (Å²) in [5, 5.41) is 3.44. The molecule has 0 heterocycles. The molecule has 0 bridgehead atoms. The topological polar surface area (TPSA) is 36.2 Å². The van der Waals surface area contributed by atoms with E-state index in [0.717, 1.165) is 15.5 Å². The largest absolute Gasteiger partial charge is 0.204 e. The van der Waals surface area contributed by atoms with Crippen LogP contribution in [0.5, 0.6) is 0 Å². The molecule has 1 aromatic carbocycles. The highest BCUT2D eigenvalue weighted by Gasteiger charge is 2.18. The Morgan fingerprint density at radius 1 is 1.06 bits per heavy atom. The molecule has 1 aliphatic rings. The van der Waals surface area contributed by atoms with Gasteiger partial charge in [0.05, 0.1) is 5.69 Å². The second-order valence-corrected chi connectivity index (χ2v) is 6.27. The predicted octanol–water partition coefficient (Wildman–Crippen LogP) is 5.20. The molecule has 0 radical (unpaired) electrons. The van der Waals surface area contributed by atoms with Crippen molar-refractivity contribution in [2.75, 3.05) is 0 Å². The molecule has 0 saturated heterocycles. The van der Waals surface area contributed by atoms with Crippen LogP contribution in [0.15, 0.2) is 29.4 Å². The van der Waals surface area contributed by atoms with Crippen molar-refractivity contribution < 1.29 is 0 Å². The summed E-state index contributed by atoms with van der Waals surface area (Å²) in [4.78, 5) is 0. The van der Waals surface area contributed by atoms with Crippen molar-refractivity contribution in [1.82, 2.24) is 0 Å². The lowest BCUT2D eigenvalue weighted by molar-refractivity contribution is 0.593. The lowest BCUT2D eigenvalue weighted by atomic mass is 9.92. The fourth-order valence-electron chi connectivity index (χ4n) is 2.41. The zero-order valence-electron chi connectivity index (χ0n) is 9.32. The summed E-state index contributed by atoms with van der Waals surface area (Å²) in [5.74, 6) is 0.722. The molecular formula is C13H17IN2. The van der Waals surface area contributed by atoms with Gasteiger partial charge in [0, 0.05) is 3.92 Å². The number of benzene rings is 1. The molecule has 1 fully saturated rings. The van der Waals surface area contributed by atoms with E-state index in [1.807, 2.05) is 12.1 Å². The van der Waals surface area contributed by atoms with Crippen molar-refractivity contribution in [3.63, 3.8) is 0 Å². The van der Waals surface area contributed by atoms with E-state index >= 15 is 0 Å². The van der Waals surface area contributed by atoms with Gasteiger partial charge in [0.1, 0.15) is 0 Å². The van der Waals surface area contributed by atoms with Gasteiger partial charge in [-0.1, -0.05) is 41.1 Å². The second-order valence-electron chi connectivity index (χ2n) is 4.51. The van der Waals surface area contributed by atoms with Crippen molar-refractivity contribution in [2.45, 2.75) is 41.9 Å². The molecular weight excluding hydrogens is 311 g/mol. The van der Waals surface area contributed by atoms with Crippen LogP contribution in [-0.4, -0.2) is 3.92 Å². The van der Waals surface area contributed by atoms with Gasteiger partial charge in [-0.3, -0.25) is 0 Å². The fourth-order valence-corrected chi connectivity index (χ4v) is 3.21. The van der Waals surface area contributed by atoms with E-state index in [2.05, 4.69) is 39.8 Å². The van der Waals surface area contributed by atoms with Crippen molar-refractivity contribution in [3.05, 3.63) is 29.8 Å². The number of nitrogens with zero attached hydrogens (tertiary/aromatic N) is 1. The van der Waals surface area contributed by atoms with Gasteiger partial charge in [0.15, 0.2) is 0 Å². The highest BCUT2D eigenvalue weighted by molar-refractivity contribution is 14.1. The first-order chi connectivity index (χ1) is 7.79. The summed E-state index contributed by atoms with van der Waals surface area (Å²) in [6, 6.07) is 8.20. The molecule has 1 aromatic rings. The zero-order chi connectivity index (χ0) is 11.4. The molecule has 2 atom stereocenters. The highest BCUT2D eigenvalue weighted by Crippen LogP contribution is 2.34. The zero-order valence-corrected chi connectivity index (χ0v) is 11.5. The second kappa shape index (κ2) is 5.75. The minimum Gasteiger partial charge on any atom is -0.204 e. The van der Waals surface area contributed by atoms with Gasteiger partial charge >= 0.3 is 0 Å². The number of alkyl halides is 1. The summed E-state index contributed by atoms with van der Waals surface area (Å²) in [6.45, 7) is 0. The lowest BCUT2D eigenvalue weighted by Gasteiger charge is -2.14. The third-order valence-corrected chi connectivity index (χ3v) is 4.64. The molecule has 0 aromatic heterocycles. The van der Waals surface area contributed by atoms with Crippen LogP contribution < -0.4 is 0 Å². The van der Waals surface area contributed by atoms with Crippen LogP contribution in [-0.2, 0) is 0 Å². The number of nitrogens with one attached hydrogen (secondary N) is 1. The average molecular weight is 328 g/mol. The first-order valence-corrected chi connectivity index (χ1v) is 7.15. The van der Waals surface area contributed by atoms with Crippen molar-refractivity contribution in [3.8, 4) is 0 Å². The monoisotopic (exact) mass is 328 g/mol. The minimum absolute atomic E-state index is 0.722. The van der Waals surface area contributed by atoms with Crippen molar-refractivity contribution in [1.29, 1.82) is 5.53 Å². The van der Waals surface area contributed by atoms with Gasteiger partial charge in [-0.25, -0.2) is 5.53 Å². The van der Waals surface area contributed by atoms with Crippen LogP contribution in [0.1, 0.15) is 43.6 Å². The lowest BCUT2D eigenvalue weighted by Crippen LogP contribution is -1.97. The van der Waals surface area contributed by atoms with Gasteiger partial charge in [-0.15, -0.1) is 0 Å². The van der Waals surface area contributed by atoms with Crippen LogP contribution in [0.4, 0.5) is 5.69 Å². The van der Waals surface area contributed by atoms with Gasteiger partial charge in [0.2, 0.25) is 0 Å². The van der Waals surface area contributed by atoms with Gasteiger partial charge < -0.3 is 0 Å². The van der Waals surface area contributed by atoms with E-state index in [1.165, 1.54) is 37.7 Å². The summed E-state index contributed by atoms with van der Waals surface area (Å²) >= 11 is 2.58. The van der Waals surface area contributed by atoms with Gasteiger partial charge in [-0.05, 0) is 49.3 Å². The number of halogens is 1. The van der Waals surface area contributed by atoms with E-state index in [0.29, 0.717) is 0 Å². The summed E-state index contributed by atoms with van der Waals surface area (Å²) in [6.07, 6.45) is 6.69. The smallest absolute Gasteiger partial charge is 0.0850 e. The molecule has 2 unspecified atom stereocenters. The maximum Gasteiger partial charge on any atom is 0.0850 e. The molecule has 1 N–H and O–H groups in total. The summed E-state index contributed by atoms with van der Waals surface area (Å²) < 4.78 is 0.866. The number of hydrogen-bond donors (Lipinski definition) is 1.